The highest BCUT2D eigenvalue weighted by molar-refractivity contribution is 7.98. The second-order valence-corrected chi connectivity index (χ2v) is 6.54. The van der Waals surface area contributed by atoms with Crippen LogP contribution in [0.4, 0.5) is 0 Å². The summed E-state index contributed by atoms with van der Waals surface area (Å²) in [4.78, 5) is 36.8. The van der Waals surface area contributed by atoms with Gasteiger partial charge in [-0.15, -0.1) is 11.8 Å². The first kappa shape index (κ1) is 19.7. The minimum Gasteiger partial charge on any atom is -0.452 e. The van der Waals surface area contributed by atoms with Crippen LogP contribution in [-0.4, -0.2) is 36.6 Å². The van der Waals surface area contributed by atoms with Gasteiger partial charge >= 0.3 is 5.97 Å². The minimum atomic E-state index is -0.651. The number of ketones is 1. The molecule has 2 rings (SSSR count). The van der Waals surface area contributed by atoms with Crippen LogP contribution in [0.25, 0.3) is 0 Å². The summed E-state index contributed by atoms with van der Waals surface area (Å²) in [7, 11) is 0. The molecule has 0 aliphatic carbocycles. The SMILES string of the molecule is CSc1ccccc1C(=O)OCC(=O)N[C@H](Cc1ccccc1)C(C)=O. The number of hydrogen-bond donors (Lipinski definition) is 1. The van der Waals surface area contributed by atoms with Crippen LogP contribution in [0.5, 0.6) is 0 Å². The van der Waals surface area contributed by atoms with E-state index in [0.29, 0.717) is 12.0 Å². The Kier molecular flexibility index (Phi) is 7.41. The number of carbonyl (C=O) groups is 3. The number of nitrogens with one attached hydrogen (secondary N) is 1. The topological polar surface area (TPSA) is 72.5 Å². The van der Waals surface area contributed by atoms with Crippen molar-refractivity contribution in [3.63, 3.8) is 0 Å². The van der Waals surface area contributed by atoms with Crippen molar-refractivity contribution in [2.75, 3.05) is 12.9 Å². The van der Waals surface area contributed by atoms with Gasteiger partial charge in [0.15, 0.2) is 12.4 Å². The fourth-order valence-electron chi connectivity index (χ4n) is 2.40. The largest absolute Gasteiger partial charge is 0.452 e. The normalized spacial score (nSPS) is 11.5. The molecule has 2 aromatic rings. The molecule has 0 aromatic heterocycles. The maximum atomic E-state index is 12.2. The third kappa shape index (κ3) is 5.74. The molecule has 0 fully saturated rings. The number of Topliss-reactive ketones (excluding diaryl/α,β-unsaturated/α-hetero) is 1. The number of thioether (sulfide) groups is 1. The van der Waals surface area contributed by atoms with E-state index in [0.717, 1.165) is 10.5 Å². The highest BCUT2D eigenvalue weighted by atomic mass is 32.2. The summed E-state index contributed by atoms with van der Waals surface area (Å²) in [6.45, 7) is 0.995. The average molecular weight is 371 g/mol. The van der Waals surface area contributed by atoms with Gasteiger partial charge in [0.2, 0.25) is 0 Å². The van der Waals surface area contributed by atoms with E-state index in [1.54, 1.807) is 12.1 Å². The molecule has 1 N–H and O–H groups in total. The second-order valence-electron chi connectivity index (χ2n) is 5.70. The Balaban J connectivity index is 1.92. The third-order valence-electron chi connectivity index (χ3n) is 3.77. The van der Waals surface area contributed by atoms with Crippen molar-refractivity contribution in [1.82, 2.24) is 5.32 Å². The van der Waals surface area contributed by atoms with E-state index in [1.165, 1.54) is 18.7 Å². The lowest BCUT2D eigenvalue weighted by atomic mass is 10.0. The minimum absolute atomic E-state index is 0.152. The van der Waals surface area contributed by atoms with Gasteiger partial charge in [0.25, 0.3) is 5.91 Å². The molecular weight excluding hydrogens is 350 g/mol. The van der Waals surface area contributed by atoms with E-state index in [9.17, 15) is 14.4 Å². The summed E-state index contributed by atoms with van der Waals surface area (Å²) in [5.41, 5.74) is 1.36. The molecule has 0 unspecified atom stereocenters. The van der Waals surface area contributed by atoms with Gasteiger partial charge in [-0.1, -0.05) is 42.5 Å². The molecule has 0 bridgehead atoms. The summed E-state index contributed by atoms with van der Waals surface area (Å²) < 4.78 is 5.09. The van der Waals surface area contributed by atoms with Gasteiger partial charge in [-0.05, 0) is 37.3 Å². The molecule has 0 aliphatic rings. The van der Waals surface area contributed by atoms with Crippen molar-refractivity contribution in [2.45, 2.75) is 24.3 Å². The molecule has 1 atom stereocenters. The Morgan fingerprint density at radius 2 is 1.69 bits per heavy atom. The van der Waals surface area contributed by atoms with Crippen LogP contribution in [0.15, 0.2) is 59.5 Å². The molecule has 0 saturated carbocycles. The zero-order chi connectivity index (χ0) is 18.9. The van der Waals surface area contributed by atoms with Crippen molar-refractivity contribution in [3.8, 4) is 0 Å². The average Bonchev–Trinajstić information content (AvgIpc) is 2.66. The first-order valence-corrected chi connectivity index (χ1v) is 9.37. The summed E-state index contributed by atoms with van der Waals surface area (Å²) in [6.07, 6.45) is 2.25. The third-order valence-corrected chi connectivity index (χ3v) is 4.57. The zero-order valence-electron chi connectivity index (χ0n) is 14.7. The van der Waals surface area contributed by atoms with Gasteiger partial charge in [0.05, 0.1) is 11.6 Å². The summed E-state index contributed by atoms with van der Waals surface area (Å²) in [5.74, 6) is -1.22. The summed E-state index contributed by atoms with van der Waals surface area (Å²) >= 11 is 1.43. The van der Waals surface area contributed by atoms with Crippen molar-refractivity contribution in [3.05, 3.63) is 65.7 Å². The first-order chi connectivity index (χ1) is 12.5. The van der Waals surface area contributed by atoms with Gasteiger partial charge in [-0.2, -0.15) is 0 Å². The Hall–Kier alpha value is -2.60. The monoisotopic (exact) mass is 371 g/mol. The van der Waals surface area contributed by atoms with E-state index in [-0.39, 0.29) is 5.78 Å². The number of benzene rings is 2. The van der Waals surface area contributed by atoms with Gasteiger partial charge < -0.3 is 10.1 Å². The lowest BCUT2D eigenvalue weighted by Crippen LogP contribution is -2.43. The van der Waals surface area contributed by atoms with E-state index in [2.05, 4.69) is 5.32 Å². The maximum Gasteiger partial charge on any atom is 0.339 e. The number of amides is 1. The molecule has 136 valence electrons. The van der Waals surface area contributed by atoms with Gasteiger partial charge in [-0.3, -0.25) is 9.59 Å². The van der Waals surface area contributed by atoms with Crippen LogP contribution in [-0.2, 0) is 20.7 Å². The van der Waals surface area contributed by atoms with Gasteiger partial charge in [0.1, 0.15) is 0 Å². The first-order valence-electron chi connectivity index (χ1n) is 8.15. The molecule has 0 saturated heterocycles. The maximum absolute atomic E-state index is 12.2. The van der Waals surface area contributed by atoms with Crippen LogP contribution < -0.4 is 5.32 Å². The van der Waals surface area contributed by atoms with E-state index < -0.39 is 24.5 Å². The summed E-state index contributed by atoms with van der Waals surface area (Å²) in [5, 5.41) is 2.63. The van der Waals surface area contributed by atoms with Gasteiger partial charge in [0, 0.05) is 4.90 Å². The molecule has 6 heteroatoms. The Morgan fingerprint density at radius 1 is 1.04 bits per heavy atom. The van der Waals surface area contributed by atoms with Crippen molar-refractivity contribution >= 4 is 29.4 Å². The quantitative estimate of drug-likeness (QED) is 0.571. The Labute approximate surface area is 157 Å². The lowest BCUT2D eigenvalue weighted by molar-refractivity contribution is -0.128. The van der Waals surface area contributed by atoms with E-state index in [1.807, 2.05) is 48.7 Å². The Morgan fingerprint density at radius 3 is 2.35 bits per heavy atom. The molecule has 0 radical (unpaired) electrons. The van der Waals surface area contributed by atoms with Crippen molar-refractivity contribution in [1.29, 1.82) is 0 Å². The molecule has 2 aromatic carbocycles. The number of ether oxygens (including phenoxy) is 1. The van der Waals surface area contributed by atoms with Crippen molar-refractivity contribution < 1.29 is 19.1 Å². The van der Waals surface area contributed by atoms with Crippen LogP contribution in [0, 0.1) is 0 Å². The Bertz CT molecular complexity index is 776. The highest BCUT2D eigenvalue weighted by Crippen LogP contribution is 2.20. The molecule has 0 spiro atoms. The molecule has 0 aliphatic heterocycles. The fraction of sp³-hybridized carbons (Fsp3) is 0.250. The standard InChI is InChI=1S/C20H21NO4S/c1-14(22)17(12-15-8-4-3-5-9-15)21-19(23)13-25-20(24)16-10-6-7-11-18(16)26-2/h3-11,17H,12-13H2,1-2H3,(H,21,23)/t17-/m1/s1. The molecule has 26 heavy (non-hydrogen) atoms. The van der Waals surface area contributed by atoms with Crippen LogP contribution >= 0.6 is 11.8 Å². The van der Waals surface area contributed by atoms with E-state index in [4.69, 9.17) is 4.74 Å². The lowest BCUT2D eigenvalue weighted by Gasteiger charge is -2.16. The van der Waals surface area contributed by atoms with Gasteiger partial charge in [-0.25, -0.2) is 4.79 Å². The zero-order valence-corrected chi connectivity index (χ0v) is 15.5. The number of carbonyl (C=O) groups excluding carboxylic acids is 3. The molecule has 1 amide bonds. The van der Waals surface area contributed by atoms with Crippen LogP contribution in [0.2, 0.25) is 0 Å². The van der Waals surface area contributed by atoms with Crippen LogP contribution in [0.1, 0.15) is 22.8 Å². The van der Waals surface area contributed by atoms with Crippen molar-refractivity contribution in [2.24, 2.45) is 0 Å². The smallest absolute Gasteiger partial charge is 0.339 e. The predicted octanol–water partition coefficient (Wildman–Crippen LogP) is 2.88. The number of esters is 1. The highest BCUT2D eigenvalue weighted by Gasteiger charge is 2.19. The second kappa shape index (κ2) is 9.77. The predicted molar refractivity (Wildman–Crippen MR) is 101 cm³/mol. The summed E-state index contributed by atoms with van der Waals surface area (Å²) in [6, 6.07) is 15.8. The molecule has 5 nitrogen and oxygen atoms in total. The van der Waals surface area contributed by atoms with E-state index >= 15 is 0 Å². The molecular formula is C20H21NO4S. The number of rotatable bonds is 8. The van der Waals surface area contributed by atoms with Crippen LogP contribution in [0.3, 0.4) is 0 Å². The molecule has 0 heterocycles. The number of hydrogen-bond acceptors (Lipinski definition) is 5. The fourth-order valence-corrected chi connectivity index (χ4v) is 2.99.